The molecule has 2 aromatic rings. The zero-order valence-corrected chi connectivity index (χ0v) is 11.6. The molecule has 0 heterocycles. The Morgan fingerprint density at radius 3 is 2.41 bits per heavy atom. The quantitative estimate of drug-likeness (QED) is 0.880. The number of halogens is 3. The van der Waals surface area contributed by atoms with Crippen molar-refractivity contribution in [1.29, 1.82) is 0 Å². The van der Waals surface area contributed by atoms with Gasteiger partial charge in [0.25, 0.3) is 0 Å². The van der Waals surface area contributed by atoms with Gasteiger partial charge in [0, 0.05) is 17.4 Å². The van der Waals surface area contributed by atoms with Gasteiger partial charge in [-0.05, 0) is 42.8 Å². The number of alkyl halides is 2. The van der Waals surface area contributed by atoms with Crippen LogP contribution in [0.4, 0.5) is 29.3 Å². The van der Waals surface area contributed by atoms with E-state index in [-0.39, 0.29) is 17.3 Å². The Balaban J connectivity index is 2.01. The number of urea groups is 1. The SMILES string of the molecule is Cc1cc(NC(=O)Nc2cccc(OC(F)F)c2)ccc1F. The molecule has 2 aromatic carbocycles. The van der Waals surface area contributed by atoms with Gasteiger partial charge in [-0.3, -0.25) is 0 Å². The van der Waals surface area contributed by atoms with Crippen molar-refractivity contribution >= 4 is 17.4 Å². The summed E-state index contributed by atoms with van der Waals surface area (Å²) in [6.45, 7) is -1.37. The number of hydrogen-bond donors (Lipinski definition) is 2. The van der Waals surface area contributed by atoms with Crippen molar-refractivity contribution in [1.82, 2.24) is 0 Å². The summed E-state index contributed by atoms with van der Waals surface area (Å²) in [4.78, 5) is 11.8. The molecule has 2 amide bonds. The lowest BCUT2D eigenvalue weighted by Gasteiger charge is -2.10. The van der Waals surface area contributed by atoms with E-state index in [1.54, 1.807) is 6.92 Å². The van der Waals surface area contributed by atoms with Crippen molar-refractivity contribution in [2.45, 2.75) is 13.5 Å². The molecule has 0 aromatic heterocycles. The number of carbonyl (C=O) groups excluding carboxylic acids is 1. The molecule has 0 aliphatic heterocycles. The smallest absolute Gasteiger partial charge is 0.387 e. The average Bonchev–Trinajstić information content (AvgIpc) is 2.42. The van der Waals surface area contributed by atoms with Gasteiger partial charge < -0.3 is 15.4 Å². The monoisotopic (exact) mass is 310 g/mol. The summed E-state index contributed by atoms with van der Waals surface area (Å²) in [5.74, 6) is -0.437. The molecule has 0 saturated heterocycles. The van der Waals surface area contributed by atoms with Gasteiger partial charge >= 0.3 is 12.6 Å². The fourth-order valence-electron chi connectivity index (χ4n) is 1.77. The molecule has 22 heavy (non-hydrogen) atoms. The first-order valence-corrected chi connectivity index (χ1v) is 6.33. The van der Waals surface area contributed by atoms with Gasteiger partial charge in [0.05, 0.1) is 0 Å². The number of amides is 2. The molecule has 2 N–H and O–H groups in total. The molecular weight excluding hydrogens is 297 g/mol. The second kappa shape index (κ2) is 6.84. The molecule has 116 valence electrons. The molecule has 0 fully saturated rings. The van der Waals surface area contributed by atoms with Crippen LogP contribution in [0.2, 0.25) is 0 Å². The Bertz CT molecular complexity index is 678. The number of hydrogen-bond acceptors (Lipinski definition) is 2. The van der Waals surface area contributed by atoms with E-state index < -0.39 is 12.6 Å². The number of nitrogens with one attached hydrogen (secondary N) is 2. The molecular formula is C15H13F3N2O2. The van der Waals surface area contributed by atoms with E-state index in [0.29, 0.717) is 11.3 Å². The summed E-state index contributed by atoms with van der Waals surface area (Å²) in [7, 11) is 0. The van der Waals surface area contributed by atoms with Crippen LogP contribution in [0.5, 0.6) is 5.75 Å². The fourth-order valence-corrected chi connectivity index (χ4v) is 1.77. The van der Waals surface area contributed by atoms with Crippen LogP contribution in [0.1, 0.15) is 5.56 Å². The van der Waals surface area contributed by atoms with Crippen LogP contribution in [0.25, 0.3) is 0 Å². The third-order valence-corrected chi connectivity index (χ3v) is 2.73. The number of benzene rings is 2. The summed E-state index contributed by atoms with van der Waals surface area (Å²) >= 11 is 0. The van der Waals surface area contributed by atoms with Gasteiger partial charge in [-0.1, -0.05) is 6.07 Å². The van der Waals surface area contributed by atoms with Crippen molar-refractivity contribution < 1.29 is 22.7 Å². The minimum atomic E-state index is -2.94. The average molecular weight is 310 g/mol. The van der Waals surface area contributed by atoms with Gasteiger partial charge in [-0.2, -0.15) is 8.78 Å². The van der Waals surface area contributed by atoms with Crippen LogP contribution in [0.15, 0.2) is 42.5 Å². The van der Waals surface area contributed by atoms with Gasteiger partial charge in [-0.15, -0.1) is 0 Å². The Labute approximate surface area is 124 Å². The first kappa shape index (κ1) is 15.7. The Morgan fingerprint density at radius 2 is 1.77 bits per heavy atom. The van der Waals surface area contributed by atoms with Crippen molar-refractivity contribution in [3.8, 4) is 5.75 Å². The van der Waals surface area contributed by atoms with Gasteiger partial charge in [0.15, 0.2) is 0 Å². The molecule has 7 heteroatoms. The maximum absolute atomic E-state index is 13.1. The van der Waals surface area contributed by atoms with Crippen LogP contribution in [0.3, 0.4) is 0 Å². The first-order chi connectivity index (χ1) is 10.4. The molecule has 0 unspecified atom stereocenters. The lowest BCUT2D eigenvalue weighted by Crippen LogP contribution is -2.19. The summed E-state index contributed by atoms with van der Waals surface area (Å²) < 4.78 is 41.6. The van der Waals surface area contributed by atoms with E-state index in [4.69, 9.17) is 0 Å². The molecule has 4 nitrogen and oxygen atoms in total. The van der Waals surface area contributed by atoms with E-state index in [1.807, 2.05) is 0 Å². The van der Waals surface area contributed by atoms with E-state index >= 15 is 0 Å². The molecule has 0 aliphatic rings. The Kier molecular flexibility index (Phi) is 4.88. The second-order valence-electron chi connectivity index (χ2n) is 4.45. The van der Waals surface area contributed by atoms with Crippen molar-refractivity contribution in [2.24, 2.45) is 0 Å². The second-order valence-corrected chi connectivity index (χ2v) is 4.45. The van der Waals surface area contributed by atoms with Gasteiger partial charge in [-0.25, -0.2) is 9.18 Å². The summed E-state index contributed by atoms with van der Waals surface area (Å²) in [6.07, 6.45) is 0. The molecule has 0 atom stereocenters. The molecule has 0 radical (unpaired) electrons. The first-order valence-electron chi connectivity index (χ1n) is 6.33. The molecule has 0 aliphatic carbocycles. The standard InChI is InChI=1S/C15H13F3N2O2/c1-9-7-11(5-6-13(9)16)20-15(21)19-10-3-2-4-12(8-10)22-14(17)18/h2-8,14H,1H3,(H2,19,20,21). The molecule has 0 spiro atoms. The van der Waals surface area contributed by atoms with E-state index in [2.05, 4.69) is 15.4 Å². The van der Waals surface area contributed by atoms with Crippen LogP contribution >= 0.6 is 0 Å². The highest BCUT2D eigenvalue weighted by atomic mass is 19.3. The highest BCUT2D eigenvalue weighted by Gasteiger charge is 2.07. The Morgan fingerprint density at radius 1 is 1.09 bits per heavy atom. The summed E-state index contributed by atoms with van der Waals surface area (Å²) in [5.41, 5.74) is 1.09. The topological polar surface area (TPSA) is 50.4 Å². The zero-order valence-electron chi connectivity index (χ0n) is 11.6. The van der Waals surface area contributed by atoms with Crippen LogP contribution in [-0.2, 0) is 0 Å². The number of ether oxygens (including phenoxy) is 1. The summed E-state index contributed by atoms with van der Waals surface area (Å²) in [6, 6.07) is 9.15. The number of aryl methyl sites for hydroxylation is 1. The zero-order chi connectivity index (χ0) is 16.1. The summed E-state index contributed by atoms with van der Waals surface area (Å²) in [5, 5.41) is 4.98. The predicted molar refractivity (Wildman–Crippen MR) is 76.9 cm³/mol. The lowest BCUT2D eigenvalue weighted by molar-refractivity contribution is -0.0497. The van der Waals surface area contributed by atoms with Crippen molar-refractivity contribution in [2.75, 3.05) is 10.6 Å². The fraction of sp³-hybridized carbons (Fsp3) is 0.133. The van der Waals surface area contributed by atoms with Crippen LogP contribution in [0, 0.1) is 12.7 Å². The largest absolute Gasteiger partial charge is 0.435 e. The van der Waals surface area contributed by atoms with Gasteiger partial charge in [0.2, 0.25) is 0 Å². The van der Waals surface area contributed by atoms with E-state index in [9.17, 15) is 18.0 Å². The van der Waals surface area contributed by atoms with Gasteiger partial charge in [0.1, 0.15) is 11.6 Å². The van der Waals surface area contributed by atoms with Crippen molar-refractivity contribution in [3.05, 3.63) is 53.8 Å². The predicted octanol–water partition coefficient (Wildman–Crippen LogP) is 4.38. The Hall–Kier alpha value is -2.70. The van der Waals surface area contributed by atoms with E-state index in [1.165, 1.54) is 42.5 Å². The molecule has 0 bridgehead atoms. The van der Waals surface area contributed by atoms with Crippen LogP contribution < -0.4 is 15.4 Å². The highest BCUT2D eigenvalue weighted by molar-refractivity contribution is 5.99. The number of anilines is 2. The third kappa shape index (κ3) is 4.41. The normalized spacial score (nSPS) is 10.4. The molecule has 2 rings (SSSR count). The highest BCUT2D eigenvalue weighted by Crippen LogP contribution is 2.20. The lowest BCUT2D eigenvalue weighted by atomic mass is 10.2. The molecule has 0 saturated carbocycles. The van der Waals surface area contributed by atoms with E-state index in [0.717, 1.165) is 0 Å². The number of rotatable bonds is 4. The van der Waals surface area contributed by atoms with Crippen LogP contribution in [-0.4, -0.2) is 12.6 Å². The van der Waals surface area contributed by atoms with Crippen molar-refractivity contribution in [3.63, 3.8) is 0 Å². The maximum atomic E-state index is 13.1. The minimum absolute atomic E-state index is 0.0644. The minimum Gasteiger partial charge on any atom is -0.435 e. The third-order valence-electron chi connectivity index (χ3n) is 2.73. The maximum Gasteiger partial charge on any atom is 0.387 e. The number of carbonyl (C=O) groups is 1.